The molecule has 0 aromatic carbocycles. The Morgan fingerprint density at radius 1 is 1.37 bits per heavy atom. The maximum Gasteiger partial charge on any atom is 0.125 e. The highest BCUT2D eigenvalue weighted by molar-refractivity contribution is 5.57. The molecule has 0 saturated carbocycles. The molecule has 0 radical (unpaired) electrons. The zero-order valence-corrected chi connectivity index (χ0v) is 17.0. The van der Waals surface area contributed by atoms with E-state index in [1.54, 1.807) is 13.1 Å². The van der Waals surface area contributed by atoms with Gasteiger partial charge in [-0.1, -0.05) is 38.3 Å². The molecule has 146 valence electrons. The number of rotatable bonds is 9. The molecular formula is C23H32FN3. The van der Waals surface area contributed by atoms with Crippen LogP contribution in [0, 0.1) is 0 Å². The Morgan fingerprint density at radius 3 is 2.67 bits per heavy atom. The van der Waals surface area contributed by atoms with E-state index in [4.69, 9.17) is 5.73 Å². The van der Waals surface area contributed by atoms with Gasteiger partial charge in [-0.3, -0.25) is 4.99 Å². The molecule has 0 saturated heterocycles. The summed E-state index contributed by atoms with van der Waals surface area (Å²) in [5.74, 6) is -0.187. The SMILES string of the molecule is C=C(NCC1=CC(C)=C(F)C=CC1)C(=C)/C(CC)=C(/C/C(N)=C\C)N=CC. The van der Waals surface area contributed by atoms with Gasteiger partial charge in [-0.2, -0.15) is 0 Å². The van der Waals surface area contributed by atoms with Crippen molar-refractivity contribution in [1.82, 2.24) is 5.32 Å². The Kier molecular flexibility index (Phi) is 9.27. The number of hydrogen-bond donors (Lipinski definition) is 2. The van der Waals surface area contributed by atoms with E-state index >= 15 is 0 Å². The van der Waals surface area contributed by atoms with Crippen LogP contribution in [-0.2, 0) is 0 Å². The first-order valence-electron chi connectivity index (χ1n) is 9.30. The second-order valence-electron chi connectivity index (χ2n) is 6.46. The Morgan fingerprint density at radius 2 is 2.07 bits per heavy atom. The lowest BCUT2D eigenvalue weighted by atomic mass is 9.98. The standard InChI is InChI=1S/C23H32FN3/c1-7-20(25)14-23(26-9-3)21(8-2)17(5)18(6)27-15-19-11-10-12-22(24)16(4)13-19/h7,9-10,12-13,27H,5-6,8,11,14-15,25H2,1-4H3/b20-7+,23-21-,26-9?. The molecular weight excluding hydrogens is 337 g/mol. The topological polar surface area (TPSA) is 50.4 Å². The van der Waals surface area contributed by atoms with Crippen LogP contribution in [0.15, 0.2) is 87.7 Å². The van der Waals surface area contributed by atoms with Gasteiger partial charge in [-0.05, 0) is 62.0 Å². The highest BCUT2D eigenvalue weighted by atomic mass is 19.1. The predicted molar refractivity (Wildman–Crippen MR) is 116 cm³/mol. The maximum atomic E-state index is 13.6. The molecule has 0 aromatic heterocycles. The van der Waals surface area contributed by atoms with Gasteiger partial charge in [-0.25, -0.2) is 4.39 Å². The van der Waals surface area contributed by atoms with Crippen molar-refractivity contribution in [3.05, 3.63) is 82.7 Å². The molecule has 0 spiro atoms. The van der Waals surface area contributed by atoms with E-state index in [2.05, 4.69) is 30.4 Å². The lowest BCUT2D eigenvalue weighted by Crippen LogP contribution is -2.18. The van der Waals surface area contributed by atoms with E-state index < -0.39 is 0 Å². The highest BCUT2D eigenvalue weighted by Crippen LogP contribution is 2.26. The van der Waals surface area contributed by atoms with Crippen molar-refractivity contribution < 1.29 is 4.39 Å². The van der Waals surface area contributed by atoms with E-state index in [0.29, 0.717) is 25.0 Å². The second kappa shape index (κ2) is 11.2. The molecule has 0 unspecified atom stereocenters. The van der Waals surface area contributed by atoms with Gasteiger partial charge in [0.25, 0.3) is 0 Å². The minimum atomic E-state index is -0.187. The van der Waals surface area contributed by atoms with Gasteiger partial charge in [0.2, 0.25) is 0 Å². The largest absolute Gasteiger partial charge is 0.402 e. The first-order chi connectivity index (χ1) is 12.8. The van der Waals surface area contributed by atoms with Gasteiger partial charge in [0.05, 0.1) is 0 Å². The van der Waals surface area contributed by atoms with Crippen LogP contribution in [0.3, 0.4) is 0 Å². The maximum absolute atomic E-state index is 13.6. The van der Waals surface area contributed by atoms with Gasteiger partial charge in [0.15, 0.2) is 0 Å². The van der Waals surface area contributed by atoms with E-state index in [1.807, 2.05) is 32.1 Å². The fourth-order valence-corrected chi connectivity index (χ4v) is 2.78. The van der Waals surface area contributed by atoms with E-state index in [9.17, 15) is 4.39 Å². The molecule has 4 heteroatoms. The summed E-state index contributed by atoms with van der Waals surface area (Å²) in [5, 5.41) is 3.32. The van der Waals surface area contributed by atoms with Crippen LogP contribution < -0.4 is 11.1 Å². The summed E-state index contributed by atoms with van der Waals surface area (Å²) in [6, 6.07) is 0. The molecule has 27 heavy (non-hydrogen) atoms. The number of allylic oxidation sites excluding steroid dienone is 7. The number of halogens is 1. The Balaban J connectivity index is 2.94. The van der Waals surface area contributed by atoms with Crippen molar-refractivity contribution in [2.24, 2.45) is 10.7 Å². The summed E-state index contributed by atoms with van der Waals surface area (Å²) < 4.78 is 13.6. The number of hydrogen-bond acceptors (Lipinski definition) is 3. The highest BCUT2D eigenvalue weighted by Gasteiger charge is 2.12. The van der Waals surface area contributed by atoms with Crippen molar-refractivity contribution in [3.8, 4) is 0 Å². The molecule has 0 fully saturated rings. The van der Waals surface area contributed by atoms with Crippen LogP contribution in [-0.4, -0.2) is 12.8 Å². The van der Waals surface area contributed by atoms with Crippen LogP contribution >= 0.6 is 0 Å². The Bertz CT molecular complexity index is 758. The predicted octanol–water partition coefficient (Wildman–Crippen LogP) is 5.78. The third-order valence-electron chi connectivity index (χ3n) is 4.43. The summed E-state index contributed by atoms with van der Waals surface area (Å²) in [4.78, 5) is 4.50. The smallest absolute Gasteiger partial charge is 0.125 e. The summed E-state index contributed by atoms with van der Waals surface area (Å²) in [6.07, 6.45) is 11.0. The number of aliphatic imine (C=N–C) groups is 1. The second-order valence-corrected chi connectivity index (χ2v) is 6.46. The minimum Gasteiger partial charge on any atom is -0.402 e. The lowest BCUT2D eigenvalue weighted by molar-refractivity contribution is 0.658. The summed E-state index contributed by atoms with van der Waals surface area (Å²) in [7, 11) is 0. The van der Waals surface area contributed by atoms with Crippen LogP contribution in [0.5, 0.6) is 0 Å². The van der Waals surface area contributed by atoms with Crippen molar-refractivity contribution in [2.45, 2.75) is 47.0 Å². The van der Waals surface area contributed by atoms with Gasteiger partial charge in [0, 0.05) is 36.3 Å². The molecule has 1 aliphatic rings. The molecule has 0 aliphatic heterocycles. The Labute approximate surface area is 163 Å². The summed E-state index contributed by atoms with van der Waals surface area (Å²) in [5.41, 5.74) is 12.0. The first-order valence-corrected chi connectivity index (χ1v) is 9.30. The third-order valence-corrected chi connectivity index (χ3v) is 4.43. The van der Waals surface area contributed by atoms with Crippen molar-refractivity contribution >= 4 is 6.21 Å². The van der Waals surface area contributed by atoms with Gasteiger partial charge in [-0.15, -0.1) is 0 Å². The van der Waals surface area contributed by atoms with E-state index in [0.717, 1.165) is 40.2 Å². The molecule has 3 N–H and O–H groups in total. The molecule has 0 aromatic rings. The zero-order valence-electron chi connectivity index (χ0n) is 17.0. The van der Waals surface area contributed by atoms with Gasteiger partial charge >= 0.3 is 0 Å². The lowest BCUT2D eigenvalue weighted by Gasteiger charge is -2.18. The molecule has 0 heterocycles. The monoisotopic (exact) mass is 369 g/mol. The quantitative estimate of drug-likeness (QED) is 0.399. The first kappa shape index (κ1) is 22.4. The number of nitrogens with zero attached hydrogens (tertiary/aromatic N) is 1. The van der Waals surface area contributed by atoms with Crippen LogP contribution in [0.2, 0.25) is 0 Å². The van der Waals surface area contributed by atoms with E-state index in [1.165, 1.54) is 6.08 Å². The molecule has 1 rings (SSSR count). The van der Waals surface area contributed by atoms with Crippen molar-refractivity contribution in [2.75, 3.05) is 6.54 Å². The molecule has 0 bridgehead atoms. The fraction of sp³-hybridized carbons (Fsp3) is 0.348. The number of nitrogens with one attached hydrogen (secondary N) is 1. The average Bonchev–Trinajstić information content (AvgIpc) is 2.81. The third kappa shape index (κ3) is 6.89. The molecule has 0 amide bonds. The normalized spacial score (nSPS) is 16.2. The van der Waals surface area contributed by atoms with Crippen LogP contribution in [0.1, 0.15) is 47.0 Å². The van der Waals surface area contributed by atoms with Gasteiger partial charge in [0.1, 0.15) is 5.83 Å². The summed E-state index contributed by atoms with van der Waals surface area (Å²) in [6.45, 7) is 16.6. The van der Waals surface area contributed by atoms with Crippen molar-refractivity contribution in [3.63, 3.8) is 0 Å². The van der Waals surface area contributed by atoms with Crippen molar-refractivity contribution in [1.29, 1.82) is 0 Å². The fourth-order valence-electron chi connectivity index (χ4n) is 2.78. The van der Waals surface area contributed by atoms with Gasteiger partial charge < -0.3 is 11.1 Å². The van der Waals surface area contributed by atoms with Crippen LogP contribution in [0.25, 0.3) is 0 Å². The average molecular weight is 370 g/mol. The molecule has 1 aliphatic carbocycles. The van der Waals surface area contributed by atoms with Crippen LogP contribution in [0.4, 0.5) is 4.39 Å². The Hall–Kier alpha value is -2.62. The summed E-state index contributed by atoms with van der Waals surface area (Å²) >= 11 is 0. The molecule has 0 atom stereocenters. The van der Waals surface area contributed by atoms with E-state index in [-0.39, 0.29) is 5.83 Å². The zero-order chi connectivity index (χ0) is 20.4. The molecule has 3 nitrogen and oxygen atoms in total. The minimum absolute atomic E-state index is 0.187. The number of nitrogens with two attached hydrogens (primary N) is 1.